The number of hydrogen-bond donors (Lipinski definition) is 0. The van der Waals surface area contributed by atoms with Crippen molar-refractivity contribution in [3.8, 4) is 0 Å². The number of hydrogen-bond acceptors (Lipinski definition) is 3. The van der Waals surface area contributed by atoms with Crippen molar-refractivity contribution in [2.75, 3.05) is 13.7 Å². The third-order valence-corrected chi connectivity index (χ3v) is 2.48. The lowest BCUT2D eigenvalue weighted by atomic mass is 10.2. The fourth-order valence-corrected chi connectivity index (χ4v) is 1.76. The van der Waals surface area contributed by atoms with Crippen LogP contribution in [0.3, 0.4) is 0 Å². The molecule has 0 aromatic carbocycles. The van der Waals surface area contributed by atoms with Crippen LogP contribution in [0.2, 0.25) is 5.28 Å². The van der Waals surface area contributed by atoms with Crippen LogP contribution in [-0.2, 0) is 17.7 Å². The van der Waals surface area contributed by atoms with Crippen LogP contribution in [0.4, 0.5) is 0 Å². The Kier molecular flexibility index (Phi) is 5.05. The second-order valence-electron chi connectivity index (χ2n) is 3.81. The van der Waals surface area contributed by atoms with Gasteiger partial charge in [-0.15, -0.1) is 10.2 Å². The molecule has 4 nitrogen and oxygen atoms in total. The van der Waals surface area contributed by atoms with Crippen LogP contribution in [-0.4, -0.2) is 28.5 Å². The SMILES string of the molecule is CCCc1nnc(Cl)n1CC(C)COC. The van der Waals surface area contributed by atoms with Gasteiger partial charge >= 0.3 is 0 Å². The van der Waals surface area contributed by atoms with Gasteiger partial charge in [0, 0.05) is 20.1 Å². The second kappa shape index (κ2) is 6.08. The Morgan fingerprint density at radius 2 is 2.20 bits per heavy atom. The van der Waals surface area contributed by atoms with Crippen molar-refractivity contribution < 1.29 is 4.74 Å². The zero-order valence-corrected chi connectivity index (χ0v) is 10.3. The summed E-state index contributed by atoms with van der Waals surface area (Å²) in [4.78, 5) is 0. The van der Waals surface area contributed by atoms with E-state index < -0.39 is 0 Å². The molecular formula is C10H18ClN3O. The molecule has 1 unspecified atom stereocenters. The maximum absolute atomic E-state index is 5.97. The van der Waals surface area contributed by atoms with Crippen LogP contribution >= 0.6 is 11.6 Å². The smallest absolute Gasteiger partial charge is 0.225 e. The highest BCUT2D eigenvalue weighted by Crippen LogP contribution is 2.13. The summed E-state index contributed by atoms with van der Waals surface area (Å²) >= 11 is 5.97. The Balaban J connectivity index is 2.69. The van der Waals surface area contributed by atoms with Crippen LogP contribution in [0.15, 0.2) is 0 Å². The summed E-state index contributed by atoms with van der Waals surface area (Å²) in [7, 11) is 1.71. The van der Waals surface area contributed by atoms with Gasteiger partial charge in [-0.2, -0.15) is 0 Å². The van der Waals surface area contributed by atoms with E-state index in [0.717, 1.165) is 31.8 Å². The van der Waals surface area contributed by atoms with E-state index in [4.69, 9.17) is 16.3 Å². The first-order valence-corrected chi connectivity index (χ1v) is 5.63. The van der Waals surface area contributed by atoms with Crippen LogP contribution in [0.25, 0.3) is 0 Å². The lowest BCUT2D eigenvalue weighted by Gasteiger charge is -2.13. The van der Waals surface area contributed by atoms with Gasteiger partial charge in [-0.1, -0.05) is 13.8 Å². The highest BCUT2D eigenvalue weighted by molar-refractivity contribution is 6.28. The molecule has 1 atom stereocenters. The van der Waals surface area contributed by atoms with E-state index in [9.17, 15) is 0 Å². The summed E-state index contributed by atoms with van der Waals surface area (Å²) in [5.41, 5.74) is 0. The Hall–Kier alpha value is -0.610. The number of halogens is 1. The molecule has 0 saturated heterocycles. The number of aromatic nitrogens is 3. The summed E-state index contributed by atoms with van der Waals surface area (Å²) in [6, 6.07) is 0. The molecule has 0 saturated carbocycles. The normalized spacial score (nSPS) is 13.1. The summed E-state index contributed by atoms with van der Waals surface area (Å²) < 4.78 is 7.06. The zero-order valence-electron chi connectivity index (χ0n) is 9.53. The van der Waals surface area contributed by atoms with E-state index >= 15 is 0 Å². The highest BCUT2D eigenvalue weighted by Gasteiger charge is 2.12. The van der Waals surface area contributed by atoms with Gasteiger partial charge in [-0.3, -0.25) is 0 Å². The first kappa shape index (κ1) is 12.5. The van der Waals surface area contributed by atoms with E-state index in [0.29, 0.717) is 11.2 Å². The minimum absolute atomic E-state index is 0.416. The number of ether oxygens (including phenoxy) is 1. The summed E-state index contributed by atoms with van der Waals surface area (Å²) in [5.74, 6) is 1.38. The van der Waals surface area contributed by atoms with Crippen molar-refractivity contribution in [2.45, 2.75) is 33.2 Å². The minimum atomic E-state index is 0.416. The van der Waals surface area contributed by atoms with E-state index in [1.54, 1.807) is 7.11 Å². The summed E-state index contributed by atoms with van der Waals surface area (Å²) in [6.45, 7) is 5.77. The molecule has 1 aromatic heterocycles. The van der Waals surface area contributed by atoms with Crippen LogP contribution in [0.1, 0.15) is 26.1 Å². The fraction of sp³-hybridized carbons (Fsp3) is 0.800. The lowest BCUT2D eigenvalue weighted by Crippen LogP contribution is -2.15. The van der Waals surface area contributed by atoms with Crippen molar-refractivity contribution in [1.82, 2.24) is 14.8 Å². The van der Waals surface area contributed by atoms with Gasteiger partial charge in [0.2, 0.25) is 5.28 Å². The predicted molar refractivity (Wildman–Crippen MR) is 60.1 cm³/mol. The zero-order chi connectivity index (χ0) is 11.3. The molecule has 0 N–H and O–H groups in total. The molecule has 0 aliphatic carbocycles. The molecule has 0 fully saturated rings. The molecule has 5 heteroatoms. The highest BCUT2D eigenvalue weighted by atomic mass is 35.5. The van der Waals surface area contributed by atoms with E-state index in [2.05, 4.69) is 24.0 Å². The molecule has 86 valence electrons. The van der Waals surface area contributed by atoms with E-state index in [-0.39, 0.29) is 0 Å². The number of aryl methyl sites for hydroxylation is 1. The Morgan fingerprint density at radius 3 is 2.80 bits per heavy atom. The standard InChI is InChI=1S/C10H18ClN3O/c1-4-5-9-12-13-10(11)14(9)6-8(2)7-15-3/h8H,4-7H2,1-3H3. The van der Waals surface area contributed by atoms with Gasteiger partial charge in [0.05, 0.1) is 6.61 Å². The van der Waals surface area contributed by atoms with E-state index in [1.165, 1.54) is 0 Å². The van der Waals surface area contributed by atoms with Crippen molar-refractivity contribution >= 4 is 11.6 Å². The average Bonchev–Trinajstić information content (AvgIpc) is 2.51. The molecule has 1 rings (SSSR count). The third-order valence-electron chi connectivity index (χ3n) is 2.20. The van der Waals surface area contributed by atoms with Crippen LogP contribution < -0.4 is 0 Å². The quantitative estimate of drug-likeness (QED) is 0.754. The Labute approximate surface area is 95.6 Å². The number of rotatable bonds is 6. The Bertz CT molecular complexity index is 301. The van der Waals surface area contributed by atoms with Gasteiger partial charge in [0.15, 0.2) is 0 Å². The first-order valence-electron chi connectivity index (χ1n) is 5.25. The molecule has 0 amide bonds. The predicted octanol–water partition coefficient (Wildman–Crippen LogP) is 2.17. The van der Waals surface area contributed by atoms with Crippen molar-refractivity contribution in [3.05, 3.63) is 11.1 Å². The minimum Gasteiger partial charge on any atom is -0.384 e. The molecular weight excluding hydrogens is 214 g/mol. The maximum atomic E-state index is 5.97. The molecule has 0 spiro atoms. The summed E-state index contributed by atoms with van der Waals surface area (Å²) in [6.07, 6.45) is 1.97. The maximum Gasteiger partial charge on any atom is 0.225 e. The van der Waals surface area contributed by atoms with Crippen LogP contribution in [0.5, 0.6) is 0 Å². The molecule has 1 heterocycles. The van der Waals surface area contributed by atoms with Crippen molar-refractivity contribution in [2.24, 2.45) is 5.92 Å². The third kappa shape index (κ3) is 3.47. The summed E-state index contributed by atoms with van der Waals surface area (Å²) in [5, 5.41) is 8.42. The van der Waals surface area contributed by atoms with Gasteiger partial charge in [0.25, 0.3) is 0 Å². The average molecular weight is 232 g/mol. The lowest BCUT2D eigenvalue weighted by molar-refractivity contribution is 0.151. The van der Waals surface area contributed by atoms with Gasteiger partial charge < -0.3 is 9.30 Å². The van der Waals surface area contributed by atoms with Gasteiger partial charge in [-0.05, 0) is 23.9 Å². The van der Waals surface area contributed by atoms with E-state index in [1.807, 2.05) is 4.57 Å². The largest absolute Gasteiger partial charge is 0.384 e. The van der Waals surface area contributed by atoms with Gasteiger partial charge in [0.1, 0.15) is 5.82 Å². The topological polar surface area (TPSA) is 39.9 Å². The van der Waals surface area contributed by atoms with Crippen molar-refractivity contribution in [1.29, 1.82) is 0 Å². The molecule has 0 radical (unpaired) electrons. The first-order chi connectivity index (χ1) is 7.19. The van der Waals surface area contributed by atoms with Crippen molar-refractivity contribution in [3.63, 3.8) is 0 Å². The number of nitrogens with zero attached hydrogens (tertiary/aromatic N) is 3. The molecule has 0 bridgehead atoms. The molecule has 15 heavy (non-hydrogen) atoms. The molecule has 1 aromatic rings. The number of methoxy groups -OCH3 is 1. The molecule has 0 aliphatic heterocycles. The fourth-order valence-electron chi connectivity index (χ4n) is 1.55. The Morgan fingerprint density at radius 1 is 1.47 bits per heavy atom. The second-order valence-corrected chi connectivity index (χ2v) is 4.14. The molecule has 0 aliphatic rings. The van der Waals surface area contributed by atoms with Gasteiger partial charge in [-0.25, -0.2) is 0 Å². The monoisotopic (exact) mass is 231 g/mol. The van der Waals surface area contributed by atoms with Crippen LogP contribution in [0, 0.1) is 5.92 Å².